The third-order valence-corrected chi connectivity index (χ3v) is 11.8. The summed E-state index contributed by atoms with van der Waals surface area (Å²) in [6, 6.07) is 15.8. The largest absolute Gasteiger partial charge is 0.508 e. The summed E-state index contributed by atoms with van der Waals surface area (Å²) in [5, 5.41) is 19.4. The minimum absolute atomic E-state index is 0.0152. The molecule has 51 heavy (non-hydrogen) atoms. The van der Waals surface area contributed by atoms with Crippen LogP contribution in [0.2, 0.25) is 0 Å². The van der Waals surface area contributed by atoms with Gasteiger partial charge in [0.1, 0.15) is 17.4 Å². The van der Waals surface area contributed by atoms with Crippen LogP contribution in [0.5, 0.6) is 5.75 Å². The number of hydrogen-bond donors (Lipinski definition) is 4. The number of alkyl carbamates (subject to hydrolysis) is 1. The van der Waals surface area contributed by atoms with Gasteiger partial charge in [0.2, 0.25) is 11.8 Å². The lowest BCUT2D eigenvalue weighted by atomic mass is 9.59. The number of carbonyl (C=O) groups excluding carboxylic acids is 3. The Morgan fingerprint density at radius 3 is 2.35 bits per heavy atom. The Morgan fingerprint density at radius 1 is 1.00 bits per heavy atom. The van der Waals surface area contributed by atoms with Gasteiger partial charge in [0, 0.05) is 25.7 Å². The number of phenolic OH excluding ortho intramolecular Hbond substituents is 1. The smallest absolute Gasteiger partial charge is 0.407 e. The van der Waals surface area contributed by atoms with Gasteiger partial charge >= 0.3 is 6.09 Å². The minimum atomic E-state index is -0.660. The van der Waals surface area contributed by atoms with Crippen LogP contribution in [0.3, 0.4) is 0 Å². The van der Waals surface area contributed by atoms with Crippen molar-refractivity contribution in [1.82, 2.24) is 20.9 Å². The molecule has 9 heteroatoms. The van der Waals surface area contributed by atoms with Gasteiger partial charge in [-0.25, -0.2) is 4.79 Å². The number of benzene rings is 2. The second kappa shape index (κ2) is 16.0. The maximum atomic E-state index is 14.4. The number of phenols is 1. The molecule has 3 aliphatic rings. The van der Waals surface area contributed by atoms with E-state index in [0.29, 0.717) is 37.2 Å². The molecule has 1 saturated carbocycles. The van der Waals surface area contributed by atoms with Crippen LogP contribution in [0.25, 0.3) is 0 Å². The Kier molecular flexibility index (Phi) is 12.1. The lowest BCUT2D eigenvalue weighted by molar-refractivity contribution is -0.131. The van der Waals surface area contributed by atoms with Crippen LogP contribution in [-0.2, 0) is 31.6 Å². The normalized spacial score (nSPS) is 26.2. The predicted molar refractivity (Wildman–Crippen MR) is 202 cm³/mol. The van der Waals surface area contributed by atoms with Gasteiger partial charge in [-0.1, -0.05) is 76.9 Å². The van der Waals surface area contributed by atoms with Crippen LogP contribution in [0, 0.1) is 17.8 Å². The average Bonchev–Trinajstić information content (AvgIpc) is 3.79. The first kappa shape index (κ1) is 38.6. The molecule has 9 nitrogen and oxygen atoms in total. The highest BCUT2D eigenvalue weighted by Crippen LogP contribution is 2.57. The number of unbranched alkanes of at least 4 members (excludes halogenated alkanes) is 3. The molecule has 1 aliphatic heterocycles. The molecule has 2 fully saturated rings. The number of fused-ring (bicyclic) bond motifs is 4. The van der Waals surface area contributed by atoms with Gasteiger partial charge in [0.15, 0.2) is 0 Å². The summed E-state index contributed by atoms with van der Waals surface area (Å²) in [6.45, 7) is 17.3. The van der Waals surface area contributed by atoms with E-state index in [-0.39, 0.29) is 29.1 Å². The molecule has 2 aliphatic carbocycles. The minimum Gasteiger partial charge on any atom is -0.508 e. The van der Waals surface area contributed by atoms with Crippen molar-refractivity contribution in [2.45, 2.75) is 128 Å². The molecular formula is C42H62N4O5. The molecule has 3 amide bonds. The summed E-state index contributed by atoms with van der Waals surface area (Å²) in [5.74, 6) is 0.987. The molecule has 1 heterocycles. The number of amides is 3. The Labute approximate surface area is 305 Å². The summed E-state index contributed by atoms with van der Waals surface area (Å²) in [6.07, 6.45) is 6.44. The quantitative estimate of drug-likeness (QED) is 0.155. The van der Waals surface area contributed by atoms with Gasteiger partial charge in [-0.2, -0.15) is 0 Å². The highest BCUT2D eigenvalue weighted by atomic mass is 16.6. The molecule has 4 N–H and O–H groups in total. The van der Waals surface area contributed by atoms with Crippen molar-refractivity contribution in [2.24, 2.45) is 17.8 Å². The summed E-state index contributed by atoms with van der Waals surface area (Å²) in [5.41, 5.74) is 2.48. The fraction of sp³-hybridized carbons (Fsp3) is 0.643. The van der Waals surface area contributed by atoms with Crippen molar-refractivity contribution in [3.63, 3.8) is 0 Å². The van der Waals surface area contributed by atoms with Gasteiger partial charge in [-0.3, -0.25) is 14.5 Å². The van der Waals surface area contributed by atoms with E-state index >= 15 is 0 Å². The first-order valence-corrected chi connectivity index (χ1v) is 19.3. The van der Waals surface area contributed by atoms with Crippen LogP contribution in [0.1, 0.15) is 110 Å². The van der Waals surface area contributed by atoms with E-state index < -0.39 is 23.2 Å². The summed E-state index contributed by atoms with van der Waals surface area (Å²) >= 11 is 0. The molecule has 0 spiro atoms. The fourth-order valence-electron chi connectivity index (χ4n) is 8.69. The highest BCUT2D eigenvalue weighted by Gasteiger charge is 2.62. The maximum Gasteiger partial charge on any atom is 0.407 e. The van der Waals surface area contributed by atoms with Crippen molar-refractivity contribution in [1.29, 1.82) is 0 Å². The summed E-state index contributed by atoms with van der Waals surface area (Å²) < 4.78 is 5.28. The zero-order valence-corrected chi connectivity index (χ0v) is 32.0. The van der Waals surface area contributed by atoms with E-state index in [1.54, 1.807) is 0 Å². The van der Waals surface area contributed by atoms with Gasteiger partial charge in [0.05, 0.1) is 5.41 Å². The number of likely N-dealkylation sites (tertiary alicyclic amines) is 1. The number of carbonyl (C=O) groups is 3. The molecule has 5 rings (SSSR count). The van der Waals surface area contributed by atoms with Crippen molar-refractivity contribution in [2.75, 3.05) is 26.2 Å². The molecule has 280 valence electrons. The van der Waals surface area contributed by atoms with Crippen LogP contribution in [-0.4, -0.2) is 71.8 Å². The van der Waals surface area contributed by atoms with Crippen molar-refractivity contribution in [3.05, 3.63) is 65.2 Å². The topological polar surface area (TPSA) is 120 Å². The molecule has 2 bridgehead atoms. The maximum absolute atomic E-state index is 14.4. The number of aromatic hydroxyl groups is 1. The van der Waals surface area contributed by atoms with Crippen LogP contribution in [0.15, 0.2) is 48.5 Å². The lowest BCUT2D eigenvalue weighted by Crippen LogP contribution is -2.58. The molecule has 6 atom stereocenters. The number of nitrogens with one attached hydrogen (secondary N) is 3. The van der Waals surface area contributed by atoms with Crippen molar-refractivity contribution >= 4 is 17.9 Å². The Morgan fingerprint density at radius 2 is 1.69 bits per heavy atom. The molecule has 1 saturated heterocycles. The number of piperidine rings is 1. The Bertz CT molecular complexity index is 1520. The van der Waals surface area contributed by atoms with Gasteiger partial charge in [-0.15, -0.1) is 0 Å². The summed E-state index contributed by atoms with van der Waals surface area (Å²) in [7, 11) is 0. The second-order valence-corrected chi connectivity index (χ2v) is 17.1. The second-order valence-electron chi connectivity index (χ2n) is 17.1. The Hall–Kier alpha value is -3.59. The molecular weight excluding hydrogens is 640 g/mol. The third-order valence-electron chi connectivity index (χ3n) is 11.8. The van der Waals surface area contributed by atoms with Crippen molar-refractivity contribution in [3.8, 4) is 5.75 Å². The zero-order chi connectivity index (χ0) is 37.0. The molecule has 0 unspecified atom stereocenters. The number of hydrogen-bond acceptors (Lipinski definition) is 6. The molecule has 2 aromatic rings. The predicted octanol–water partition coefficient (Wildman–Crippen LogP) is 6.61. The van der Waals surface area contributed by atoms with E-state index in [0.717, 1.165) is 63.6 Å². The van der Waals surface area contributed by atoms with Gasteiger partial charge in [-0.05, 0) is 118 Å². The van der Waals surface area contributed by atoms with Gasteiger partial charge < -0.3 is 25.8 Å². The number of ether oxygens (including phenoxy) is 1. The van der Waals surface area contributed by atoms with E-state index in [1.165, 1.54) is 11.1 Å². The van der Waals surface area contributed by atoms with E-state index in [4.69, 9.17) is 4.74 Å². The first-order chi connectivity index (χ1) is 24.1. The standard InChI is InChI=1S/C42H62N4O5/c1-28(2)23-35(37(48)43-20-13-8-9-14-21-44-39(50)51-40(4,5)6)45-38(49)42(31-15-11-10-12-16-31)26-32(42)27-46-22-19-41(7)29(3)36(46)24-30-17-18-33(47)25-34(30)41/h10-12,15-18,25,28-29,32,35-36,47H,8-9,13-14,19-24,26-27H2,1-7H3,(H,43,48)(H,44,50)(H,45,49)/t29-,32-,35+,36-,41-,42+/m1/s1. The summed E-state index contributed by atoms with van der Waals surface area (Å²) in [4.78, 5) is 42.4. The van der Waals surface area contributed by atoms with Gasteiger partial charge in [0.25, 0.3) is 0 Å². The van der Waals surface area contributed by atoms with Crippen molar-refractivity contribution < 1.29 is 24.2 Å². The Balaban J connectivity index is 1.18. The van der Waals surface area contributed by atoms with Crippen LogP contribution < -0.4 is 16.0 Å². The van der Waals surface area contributed by atoms with E-state index in [9.17, 15) is 19.5 Å². The number of rotatable bonds is 15. The van der Waals surface area contributed by atoms with Crippen LogP contribution in [0.4, 0.5) is 4.79 Å². The molecule has 0 radical (unpaired) electrons. The molecule has 2 aromatic carbocycles. The number of nitrogens with zero attached hydrogens (tertiary/aromatic N) is 1. The fourth-order valence-corrected chi connectivity index (χ4v) is 8.69. The first-order valence-electron chi connectivity index (χ1n) is 19.3. The lowest BCUT2D eigenvalue weighted by Gasteiger charge is -2.55. The average molecular weight is 703 g/mol. The van der Waals surface area contributed by atoms with E-state index in [2.05, 4.69) is 66.7 Å². The van der Waals surface area contributed by atoms with Crippen LogP contribution >= 0.6 is 0 Å². The molecule has 0 aromatic heterocycles. The SMILES string of the molecule is CC(C)C[C@H](NC(=O)[C@]1(c2ccccc2)C[C@@H]1CN1CC[C@@]2(C)c3cc(O)ccc3C[C@@H]1[C@H]2C)C(=O)NCCCCCCNC(=O)OC(C)(C)C. The van der Waals surface area contributed by atoms with E-state index in [1.807, 2.05) is 51.1 Å². The zero-order valence-electron chi connectivity index (χ0n) is 32.0. The third kappa shape index (κ3) is 9.08. The monoisotopic (exact) mass is 702 g/mol. The highest BCUT2D eigenvalue weighted by molar-refractivity contribution is 5.95.